The maximum Gasteiger partial charge on any atom is 0.316 e. The van der Waals surface area contributed by atoms with Gasteiger partial charge in [-0.25, -0.2) is 0 Å². The van der Waals surface area contributed by atoms with E-state index in [2.05, 4.69) is 5.32 Å². The van der Waals surface area contributed by atoms with Crippen molar-refractivity contribution in [2.45, 2.75) is 56.1 Å². The second-order valence-electron chi connectivity index (χ2n) is 8.15. The van der Waals surface area contributed by atoms with Crippen molar-refractivity contribution in [3.8, 4) is 0 Å². The van der Waals surface area contributed by atoms with E-state index >= 15 is 0 Å². The summed E-state index contributed by atoms with van der Waals surface area (Å²) in [5.74, 6) is 0.158. The first-order valence-electron chi connectivity index (χ1n) is 9.23. The zero-order valence-corrected chi connectivity index (χ0v) is 14.2. The fourth-order valence-corrected chi connectivity index (χ4v) is 5.97. The highest BCUT2D eigenvalue weighted by atomic mass is 16.4. The van der Waals surface area contributed by atoms with Crippen molar-refractivity contribution in [3.05, 3.63) is 35.9 Å². The van der Waals surface area contributed by atoms with Gasteiger partial charge in [0.15, 0.2) is 0 Å². The second kappa shape index (κ2) is 5.57. The molecule has 0 aromatic heterocycles. The number of hydrogen-bond donors (Lipinski definition) is 3. The highest BCUT2D eigenvalue weighted by molar-refractivity contribution is 5.83. The molecule has 1 aromatic rings. The maximum atomic E-state index is 12.4. The fraction of sp³-hybridized carbons (Fsp3) is 0.650. The molecule has 4 nitrogen and oxygen atoms in total. The Bertz CT molecular complexity index is 613. The topological polar surface area (TPSA) is 69.6 Å². The first kappa shape index (κ1) is 16.1. The lowest BCUT2D eigenvalue weighted by Crippen LogP contribution is -2.59. The largest absolute Gasteiger partial charge is 0.481 e. The van der Waals surface area contributed by atoms with Crippen molar-refractivity contribution in [2.24, 2.45) is 17.8 Å². The van der Waals surface area contributed by atoms with Crippen LogP contribution in [0.4, 0.5) is 0 Å². The monoisotopic (exact) mass is 329 g/mol. The molecule has 0 radical (unpaired) electrons. The van der Waals surface area contributed by atoms with E-state index in [1.807, 2.05) is 30.3 Å². The summed E-state index contributed by atoms with van der Waals surface area (Å²) in [5.41, 5.74) is -1.74. The molecule has 5 unspecified atom stereocenters. The molecule has 3 fully saturated rings. The van der Waals surface area contributed by atoms with E-state index in [1.54, 1.807) is 6.92 Å². The summed E-state index contributed by atoms with van der Waals surface area (Å²) in [6, 6.07) is 9.78. The Morgan fingerprint density at radius 2 is 2.00 bits per heavy atom. The summed E-state index contributed by atoms with van der Waals surface area (Å²) >= 11 is 0. The predicted octanol–water partition coefficient (Wildman–Crippen LogP) is 2.56. The van der Waals surface area contributed by atoms with Gasteiger partial charge in [-0.3, -0.25) is 4.79 Å². The van der Waals surface area contributed by atoms with Crippen LogP contribution in [0.2, 0.25) is 0 Å². The van der Waals surface area contributed by atoms with E-state index in [4.69, 9.17) is 0 Å². The third-order valence-corrected chi connectivity index (χ3v) is 7.30. The fourth-order valence-electron chi connectivity index (χ4n) is 5.97. The van der Waals surface area contributed by atoms with E-state index in [0.717, 1.165) is 25.8 Å². The number of benzene rings is 1. The molecule has 1 saturated heterocycles. The number of carboxylic acids is 1. The number of aliphatic hydroxyl groups is 1. The third-order valence-electron chi connectivity index (χ3n) is 7.30. The third kappa shape index (κ3) is 2.02. The van der Waals surface area contributed by atoms with Crippen molar-refractivity contribution in [1.29, 1.82) is 0 Å². The normalized spacial score (nSPS) is 40.6. The molecular weight excluding hydrogens is 302 g/mol. The van der Waals surface area contributed by atoms with Gasteiger partial charge in [0.2, 0.25) is 0 Å². The standard InChI is InChI=1S/C20H27NO3/c1-19(18(22)23,14-6-3-2-4-7-14)20(24)11-5-8-15(20)17-13-9-10-16(17)21-12-13/h2-4,6-7,13,15-17,21,24H,5,8-12H2,1H3,(H,22,23)/t13?,15?,16-,17?,19?,20?/m0/s1. The molecule has 1 aromatic carbocycles. The molecule has 1 aliphatic heterocycles. The number of nitrogens with one attached hydrogen (secondary N) is 1. The number of hydrogen-bond acceptors (Lipinski definition) is 3. The molecule has 2 aliphatic carbocycles. The van der Waals surface area contributed by atoms with Crippen molar-refractivity contribution < 1.29 is 15.0 Å². The Morgan fingerprint density at radius 1 is 1.25 bits per heavy atom. The van der Waals surface area contributed by atoms with Crippen LogP contribution in [0.25, 0.3) is 0 Å². The number of carbonyl (C=O) groups is 1. The Morgan fingerprint density at radius 3 is 2.54 bits per heavy atom. The van der Waals surface area contributed by atoms with Crippen LogP contribution < -0.4 is 5.32 Å². The van der Waals surface area contributed by atoms with Crippen LogP contribution in [0.15, 0.2) is 30.3 Å². The molecule has 0 amide bonds. The maximum absolute atomic E-state index is 12.4. The quantitative estimate of drug-likeness (QED) is 0.794. The Labute approximate surface area is 143 Å². The first-order chi connectivity index (χ1) is 11.5. The van der Waals surface area contributed by atoms with Gasteiger partial charge in [0.05, 0.1) is 5.60 Å². The van der Waals surface area contributed by atoms with Crippen LogP contribution in [-0.4, -0.2) is 34.4 Å². The summed E-state index contributed by atoms with van der Waals surface area (Å²) < 4.78 is 0. The molecule has 24 heavy (non-hydrogen) atoms. The lowest BCUT2D eigenvalue weighted by Gasteiger charge is -2.46. The zero-order valence-electron chi connectivity index (χ0n) is 14.2. The lowest BCUT2D eigenvalue weighted by atomic mass is 9.60. The number of fused-ring (bicyclic) bond motifs is 2. The van der Waals surface area contributed by atoms with Gasteiger partial charge in [-0.05, 0) is 62.5 Å². The van der Waals surface area contributed by atoms with Gasteiger partial charge in [0.1, 0.15) is 5.41 Å². The molecule has 0 spiro atoms. The van der Waals surface area contributed by atoms with Crippen LogP contribution >= 0.6 is 0 Å². The van der Waals surface area contributed by atoms with E-state index in [1.165, 1.54) is 6.42 Å². The van der Waals surface area contributed by atoms with Gasteiger partial charge in [-0.1, -0.05) is 36.8 Å². The van der Waals surface area contributed by atoms with Crippen molar-refractivity contribution in [3.63, 3.8) is 0 Å². The molecule has 6 atom stereocenters. The van der Waals surface area contributed by atoms with Crippen LogP contribution in [0.1, 0.15) is 44.6 Å². The highest BCUT2D eigenvalue weighted by Crippen LogP contribution is 2.56. The van der Waals surface area contributed by atoms with Crippen LogP contribution in [-0.2, 0) is 10.2 Å². The molecule has 2 saturated carbocycles. The minimum Gasteiger partial charge on any atom is -0.481 e. The summed E-state index contributed by atoms with van der Waals surface area (Å²) in [4.78, 5) is 12.4. The zero-order chi connectivity index (χ0) is 16.9. The Hall–Kier alpha value is -1.39. The van der Waals surface area contributed by atoms with Gasteiger partial charge in [0, 0.05) is 6.04 Å². The average molecular weight is 329 g/mol. The van der Waals surface area contributed by atoms with E-state index in [9.17, 15) is 15.0 Å². The number of piperidine rings is 1. The van der Waals surface area contributed by atoms with Crippen molar-refractivity contribution >= 4 is 5.97 Å². The molecule has 1 heterocycles. The van der Waals surface area contributed by atoms with Gasteiger partial charge >= 0.3 is 5.97 Å². The molecule has 130 valence electrons. The molecule has 2 bridgehead atoms. The lowest BCUT2D eigenvalue weighted by molar-refractivity contribution is -0.162. The predicted molar refractivity (Wildman–Crippen MR) is 91.7 cm³/mol. The average Bonchev–Trinajstić information content (AvgIpc) is 3.28. The van der Waals surface area contributed by atoms with Crippen molar-refractivity contribution in [1.82, 2.24) is 5.32 Å². The van der Waals surface area contributed by atoms with Gasteiger partial charge < -0.3 is 15.5 Å². The second-order valence-corrected chi connectivity index (χ2v) is 8.15. The number of rotatable bonds is 4. The van der Waals surface area contributed by atoms with E-state index in [0.29, 0.717) is 29.9 Å². The molecule has 4 rings (SSSR count). The van der Waals surface area contributed by atoms with Crippen LogP contribution in [0.3, 0.4) is 0 Å². The summed E-state index contributed by atoms with van der Waals surface area (Å²) in [6.07, 6.45) is 4.80. The number of aliphatic carboxylic acids is 1. The number of carboxylic acid groups (broad SMARTS) is 1. The summed E-state index contributed by atoms with van der Waals surface area (Å²) in [6.45, 7) is 2.75. The minimum absolute atomic E-state index is 0.0614. The molecule has 4 heteroatoms. The van der Waals surface area contributed by atoms with Gasteiger partial charge in [-0.15, -0.1) is 0 Å². The summed E-state index contributed by atoms with van der Waals surface area (Å²) in [5, 5.41) is 25.5. The SMILES string of the molecule is CC(C(=O)O)(c1ccccc1)C1(O)CCCC1C1C2CC[C@@H]1NC2. The van der Waals surface area contributed by atoms with E-state index in [-0.39, 0.29) is 5.92 Å². The molecule has 3 aliphatic rings. The first-order valence-corrected chi connectivity index (χ1v) is 9.23. The van der Waals surface area contributed by atoms with Crippen LogP contribution in [0.5, 0.6) is 0 Å². The van der Waals surface area contributed by atoms with E-state index < -0.39 is 17.0 Å². The van der Waals surface area contributed by atoms with Crippen LogP contribution in [0, 0.1) is 17.8 Å². The molecular formula is C20H27NO3. The molecule has 3 N–H and O–H groups in total. The minimum atomic E-state index is -1.27. The Balaban J connectivity index is 1.77. The smallest absolute Gasteiger partial charge is 0.316 e. The van der Waals surface area contributed by atoms with Crippen molar-refractivity contribution in [2.75, 3.05) is 6.54 Å². The van der Waals surface area contributed by atoms with Gasteiger partial charge in [-0.2, -0.15) is 0 Å². The summed E-state index contributed by atoms with van der Waals surface area (Å²) in [7, 11) is 0. The highest BCUT2D eigenvalue weighted by Gasteiger charge is 2.63. The van der Waals surface area contributed by atoms with Gasteiger partial charge in [0.25, 0.3) is 0 Å². The Kier molecular flexibility index (Phi) is 3.73.